The molecule has 0 radical (unpaired) electrons. The van der Waals surface area contributed by atoms with Crippen molar-refractivity contribution < 1.29 is 8.78 Å². The predicted molar refractivity (Wildman–Crippen MR) is 119 cm³/mol. The Morgan fingerprint density at radius 3 is 1.44 bits per heavy atom. The first kappa shape index (κ1) is 19.6. The van der Waals surface area contributed by atoms with Crippen LogP contribution in [-0.2, 0) is 0 Å². The number of benzene rings is 3. The fourth-order valence-electron chi connectivity index (χ4n) is 3.40. The Kier molecular flexibility index (Phi) is 5.17. The number of hydrogen-bond donors (Lipinski definition) is 0. The van der Waals surface area contributed by atoms with Gasteiger partial charge in [0.15, 0.2) is 17.5 Å². The molecule has 3 aromatic carbocycles. The average Bonchev–Trinajstić information content (AvgIpc) is 2.86. The molecule has 0 N–H and O–H groups in total. The van der Waals surface area contributed by atoms with Gasteiger partial charge in [0.05, 0.1) is 11.1 Å². The molecule has 2 heterocycles. The van der Waals surface area contributed by atoms with E-state index < -0.39 is 11.8 Å². The van der Waals surface area contributed by atoms with Gasteiger partial charge in [-0.2, -0.15) is 4.39 Å². The summed E-state index contributed by atoms with van der Waals surface area (Å²) in [5.41, 5.74) is 1.68. The second kappa shape index (κ2) is 8.43. The van der Waals surface area contributed by atoms with Crippen molar-refractivity contribution in [1.29, 1.82) is 0 Å². The topological polar surface area (TPSA) is 51.6 Å². The van der Waals surface area contributed by atoms with Gasteiger partial charge in [-0.3, -0.25) is 0 Å². The van der Waals surface area contributed by atoms with Gasteiger partial charge in [-0.1, -0.05) is 91.0 Å². The minimum absolute atomic E-state index is 0.00187. The van der Waals surface area contributed by atoms with E-state index in [-0.39, 0.29) is 17.0 Å². The average molecular weight is 422 g/mol. The van der Waals surface area contributed by atoms with Gasteiger partial charge in [0, 0.05) is 17.3 Å². The second-order valence-electron chi connectivity index (χ2n) is 7.06. The molecule has 0 aliphatic carbocycles. The van der Waals surface area contributed by atoms with Crippen molar-refractivity contribution in [3.63, 3.8) is 0 Å². The summed E-state index contributed by atoms with van der Waals surface area (Å²) in [6, 6.07) is 27.2. The number of nitrogens with zero attached hydrogens (tertiary/aromatic N) is 4. The Morgan fingerprint density at radius 1 is 0.500 bits per heavy atom. The van der Waals surface area contributed by atoms with Crippen LogP contribution in [-0.4, -0.2) is 19.9 Å². The van der Waals surface area contributed by atoms with E-state index in [9.17, 15) is 4.39 Å². The van der Waals surface area contributed by atoms with Crippen molar-refractivity contribution in [1.82, 2.24) is 19.9 Å². The quantitative estimate of drug-likeness (QED) is 0.323. The third kappa shape index (κ3) is 3.74. The number of halogens is 2. The molecule has 0 saturated heterocycles. The largest absolute Gasteiger partial charge is 0.227 e. The standard InChI is InChI=1S/C26H16F2N4/c27-22-20(16-29-23(28)21(22)17-10-4-1-5-11-17)26-31-24(18-12-6-2-7-13-18)30-25(32-26)19-14-8-3-9-15-19/h1-16H. The van der Waals surface area contributed by atoms with Crippen LogP contribution in [0.15, 0.2) is 97.2 Å². The summed E-state index contributed by atoms with van der Waals surface area (Å²) in [4.78, 5) is 17.4. The minimum Gasteiger partial charge on any atom is -0.227 e. The van der Waals surface area contributed by atoms with Gasteiger partial charge < -0.3 is 0 Å². The van der Waals surface area contributed by atoms with E-state index in [0.29, 0.717) is 17.2 Å². The zero-order chi connectivity index (χ0) is 21.9. The SMILES string of the molecule is Fc1ncc(-c2nc(-c3ccccc3)nc(-c3ccccc3)n2)c(F)c1-c1ccccc1. The molecule has 0 unspecified atom stereocenters. The van der Waals surface area contributed by atoms with Gasteiger partial charge in [-0.15, -0.1) is 0 Å². The highest BCUT2D eigenvalue weighted by atomic mass is 19.1. The van der Waals surface area contributed by atoms with Crippen LogP contribution in [0.3, 0.4) is 0 Å². The van der Waals surface area contributed by atoms with E-state index >= 15 is 4.39 Å². The van der Waals surface area contributed by atoms with Crippen molar-refractivity contribution in [3.8, 4) is 45.3 Å². The van der Waals surface area contributed by atoms with Crippen LogP contribution < -0.4 is 0 Å². The van der Waals surface area contributed by atoms with E-state index in [2.05, 4.69) is 19.9 Å². The summed E-state index contributed by atoms with van der Waals surface area (Å²) in [5, 5.41) is 0. The number of hydrogen-bond acceptors (Lipinski definition) is 4. The molecule has 4 nitrogen and oxygen atoms in total. The fourth-order valence-corrected chi connectivity index (χ4v) is 3.40. The van der Waals surface area contributed by atoms with Crippen molar-refractivity contribution in [2.24, 2.45) is 0 Å². The maximum absolute atomic E-state index is 15.6. The van der Waals surface area contributed by atoms with Crippen LogP contribution >= 0.6 is 0 Å². The van der Waals surface area contributed by atoms with Crippen LogP contribution in [0.2, 0.25) is 0 Å². The first-order chi connectivity index (χ1) is 15.7. The molecule has 2 aromatic heterocycles. The zero-order valence-corrected chi connectivity index (χ0v) is 16.8. The van der Waals surface area contributed by atoms with Crippen molar-refractivity contribution >= 4 is 0 Å². The number of pyridine rings is 1. The van der Waals surface area contributed by atoms with E-state index in [1.165, 1.54) is 0 Å². The first-order valence-corrected chi connectivity index (χ1v) is 9.97. The van der Waals surface area contributed by atoms with E-state index in [0.717, 1.165) is 17.3 Å². The maximum atomic E-state index is 15.6. The zero-order valence-electron chi connectivity index (χ0n) is 16.8. The molecule has 0 amide bonds. The monoisotopic (exact) mass is 422 g/mol. The van der Waals surface area contributed by atoms with Crippen LogP contribution in [0.5, 0.6) is 0 Å². The lowest BCUT2D eigenvalue weighted by Crippen LogP contribution is -2.04. The number of rotatable bonds is 4. The van der Waals surface area contributed by atoms with Gasteiger partial charge in [0.1, 0.15) is 5.82 Å². The van der Waals surface area contributed by atoms with Gasteiger partial charge in [0.25, 0.3) is 0 Å². The minimum atomic E-state index is -0.891. The third-order valence-corrected chi connectivity index (χ3v) is 4.97. The summed E-state index contributed by atoms with van der Waals surface area (Å²) in [6.45, 7) is 0. The van der Waals surface area contributed by atoms with Crippen LogP contribution in [0, 0.1) is 11.8 Å². The molecule has 0 aliphatic rings. The lowest BCUT2D eigenvalue weighted by Gasteiger charge is -2.11. The molecule has 5 aromatic rings. The Hall–Kier alpha value is -4.32. The summed E-state index contributed by atoms with van der Waals surface area (Å²) < 4.78 is 30.1. The van der Waals surface area contributed by atoms with Gasteiger partial charge in [0.2, 0.25) is 5.95 Å². The first-order valence-electron chi connectivity index (χ1n) is 9.97. The summed E-state index contributed by atoms with van der Waals surface area (Å²) in [5.74, 6) is -0.801. The maximum Gasteiger partial charge on any atom is 0.223 e. The smallest absolute Gasteiger partial charge is 0.223 e. The molecule has 154 valence electrons. The van der Waals surface area contributed by atoms with Crippen molar-refractivity contribution in [2.75, 3.05) is 0 Å². The van der Waals surface area contributed by atoms with Crippen molar-refractivity contribution in [3.05, 3.63) is 109 Å². The molecule has 0 bridgehead atoms. The lowest BCUT2D eigenvalue weighted by atomic mass is 10.0. The summed E-state index contributed by atoms with van der Waals surface area (Å²) >= 11 is 0. The fraction of sp³-hybridized carbons (Fsp3) is 0. The third-order valence-electron chi connectivity index (χ3n) is 4.97. The molecule has 0 aliphatic heterocycles. The molecular weight excluding hydrogens is 406 g/mol. The Balaban J connectivity index is 1.73. The molecule has 0 fully saturated rings. The molecular formula is C26H16F2N4. The Bertz CT molecular complexity index is 1320. The predicted octanol–water partition coefficient (Wildman–Crippen LogP) is 6.21. The molecule has 0 saturated carbocycles. The molecule has 0 spiro atoms. The second-order valence-corrected chi connectivity index (χ2v) is 7.06. The Labute approximate surface area is 183 Å². The summed E-state index contributed by atoms with van der Waals surface area (Å²) in [6.07, 6.45) is 1.12. The van der Waals surface area contributed by atoms with Crippen LogP contribution in [0.25, 0.3) is 45.3 Å². The van der Waals surface area contributed by atoms with Gasteiger partial charge in [-0.05, 0) is 5.56 Å². The normalized spacial score (nSPS) is 10.8. The van der Waals surface area contributed by atoms with E-state index in [1.807, 2.05) is 60.7 Å². The Morgan fingerprint density at radius 2 is 0.938 bits per heavy atom. The number of aromatic nitrogens is 4. The van der Waals surface area contributed by atoms with Crippen LogP contribution in [0.1, 0.15) is 0 Å². The van der Waals surface area contributed by atoms with Gasteiger partial charge in [-0.25, -0.2) is 24.3 Å². The van der Waals surface area contributed by atoms with E-state index in [1.54, 1.807) is 30.3 Å². The van der Waals surface area contributed by atoms with Crippen LogP contribution in [0.4, 0.5) is 8.78 Å². The highest BCUT2D eigenvalue weighted by Crippen LogP contribution is 2.32. The highest BCUT2D eigenvalue weighted by Gasteiger charge is 2.21. The van der Waals surface area contributed by atoms with Gasteiger partial charge >= 0.3 is 0 Å². The molecule has 6 heteroatoms. The lowest BCUT2D eigenvalue weighted by molar-refractivity contribution is 0.559. The summed E-state index contributed by atoms with van der Waals surface area (Å²) in [7, 11) is 0. The van der Waals surface area contributed by atoms with E-state index in [4.69, 9.17) is 0 Å². The molecule has 0 atom stereocenters. The molecule has 32 heavy (non-hydrogen) atoms. The molecule has 5 rings (SSSR count). The van der Waals surface area contributed by atoms with Crippen molar-refractivity contribution in [2.45, 2.75) is 0 Å². The highest BCUT2D eigenvalue weighted by molar-refractivity contribution is 5.72.